The minimum absolute atomic E-state index is 0.187. The molecule has 0 atom stereocenters. The first-order valence-electron chi connectivity index (χ1n) is 9.47. The van der Waals surface area contributed by atoms with Crippen LogP contribution in [0.5, 0.6) is 0 Å². The number of benzene rings is 1. The molecule has 0 saturated carbocycles. The van der Waals surface area contributed by atoms with E-state index in [4.69, 9.17) is 4.42 Å². The Labute approximate surface area is 172 Å². The summed E-state index contributed by atoms with van der Waals surface area (Å²) in [6.45, 7) is 5.84. The van der Waals surface area contributed by atoms with E-state index in [9.17, 15) is 19.2 Å². The van der Waals surface area contributed by atoms with Gasteiger partial charge in [0.05, 0.1) is 5.56 Å². The van der Waals surface area contributed by atoms with E-state index in [1.807, 2.05) is 28.8 Å². The lowest BCUT2D eigenvalue weighted by Crippen LogP contribution is -2.51. The van der Waals surface area contributed by atoms with Gasteiger partial charge in [-0.15, -0.1) is 0 Å². The predicted molar refractivity (Wildman–Crippen MR) is 114 cm³/mol. The average Bonchev–Trinajstić information content (AvgIpc) is 2.70. The van der Waals surface area contributed by atoms with Gasteiger partial charge in [-0.05, 0) is 44.2 Å². The van der Waals surface area contributed by atoms with Crippen LogP contribution in [0.2, 0.25) is 0 Å². The maximum Gasteiger partial charge on any atom is 0.343 e. The molecule has 1 aliphatic rings. The number of fused-ring (bicyclic) bond motifs is 1. The van der Waals surface area contributed by atoms with E-state index in [1.165, 1.54) is 12.2 Å². The minimum Gasteiger partial charge on any atom is -0.422 e. The second kappa shape index (κ2) is 9.04. The van der Waals surface area contributed by atoms with E-state index in [1.54, 1.807) is 24.3 Å². The largest absolute Gasteiger partial charge is 0.422 e. The molecule has 1 aromatic heterocycles. The van der Waals surface area contributed by atoms with Gasteiger partial charge in [0, 0.05) is 30.2 Å². The predicted octanol–water partition coefficient (Wildman–Crippen LogP) is 2.50. The molecule has 4 amide bonds. The summed E-state index contributed by atoms with van der Waals surface area (Å²) < 4.78 is 5.46. The summed E-state index contributed by atoms with van der Waals surface area (Å²) in [6.07, 6.45) is 7.45. The standard InChI is InChI=1S/C22H21N3O5/c1-3-25(4-2)16-11-10-14-12-15(21(28)30-18(14)13-16)8-6-5-7-9-17-19(26)23-22(29)24-20(17)27/h5-13H,3-4H2,1-2H3,(H2,23,24,26,27,29)/b7-5+,8-6+. The molecule has 0 bridgehead atoms. The molecule has 8 heteroatoms. The number of carbonyl (C=O) groups is 3. The third-order valence-electron chi connectivity index (χ3n) is 4.58. The zero-order valence-electron chi connectivity index (χ0n) is 16.6. The SMILES string of the molecule is CCN(CC)c1ccc2cc(/C=C/C=C/C=C3C(=O)NC(=O)NC3=O)c(=O)oc2c1. The number of rotatable bonds is 6. The van der Waals surface area contributed by atoms with Crippen LogP contribution in [0, 0.1) is 0 Å². The van der Waals surface area contributed by atoms with Crippen molar-refractivity contribution >= 4 is 40.6 Å². The Morgan fingerprint density at radius 3 is 2.30 bits per heavy atom. The number of amides is 4. The first-order chi connectivity index (χ1) is 14.4. The Hall–Kier alpha value is -3.94. The number of nitrogens with one attached hydrogen (secondary N) is 2. The third-order valence-corrected chi connectivity index (χ3v) is 4.58. The molecule has 8 nitrogen and oxygen atoms in total. The summed E-state index contributed by atoms with van der Waals surface area (Å²) in [7, 11) is 0. The number of imide groups is 2. The van der Waals surface area contributed by atoms with Gasteiger partial charge in [-0.25, -0.2) is 9.59 Å². The summed E-state index contributed by atoms with van der Waals surface area (Å²) in [5.74, 6) is -1.53. The second-order valence-corrected chi connectivity index (χ2v) is 6.45. The Morgan fingerprint density at radius 1 is 0.933 bits per heavy atom. The van der Waals surface area contributed by atoms with Crippen LogP contribution >= 0.6 is 0 Å². The van der Waals surface area contributed by atoms with Crippen molar-refractivity contribution < 1.29 is 18.8 Å². The van der Waals surface area contributed by atoms with Crippen molar-refractivity contribution in [2.24, 2.45) is 0 Å². The van der Waals surface area contributed by atoms with Crippen molar-refractivity contribution in [1.29, 1.82) is 0 Å². The molecular formula is C22H21N3O5. The highest BCUT2D eigenvalue weighted by Gasteiger charge is 2.26. The van der Waals surface area contributed by atoms with E-state index in [0.717, 1.165) is 24.2 Å². The molecule has 2 N–H and O–H groups in total. The van der Waals surface area contributed by atoms with Gasteiger partial charge in [0.1, 0.15) is 11.2 Å². The molecule has 1 fully saturated rings. The smallest absolute Gasteiger partial charge is 0.343 e. The van der Waals surface area contributed by atoms with Crippen molar-refractivity contribution in [3.05, 3.63) is 70.1 Å². The molecule has 0 radical (unpaired) electrons. The molecule has 1 aliphatic heterocycles. The molecule has 0 unspecified atom stereocenters. The molecule has 154 valence electrons. The number of hydrogen-bond donors (Lipinski definition) is 2. The highest BCUT2D eigenvalue weighted by molar-refractivity contribution is 6.29. The molecule has 3 rings (SSSR count). The van der Waals surface area contributed by atoms with Gasteiger partial charge >= 0.3 is 11.7 Å². The van der Waals surface area contributed by atoms with Gasteiger partial charge in [0.2, 0.25) is 0 Å². The fraction of sp³-hybridized carbons (Fsp3) is 0.182. The lowest BCUT2D eigenvalue weighted by molar-refractivity contribution is -0.124. The number of hydrogen-bond acceptors (Lipinski definition) is 6. The van der Waals surface area contributed by atoms with Crippen molar-refractivity contribution in [3.8, 4) is 0 Å². The quantitative estimate of drug-likeness (QED) is 0.330. The fourth-order valence-electron chi connectivity index (χ4n) is 3.02. The zero-order valence-corrected chi connectivity index (χ0v) is 16.6. The summed E-state index contributed by atoms with van der Waals surface area (Å²) in [5, 5.41) is 4.77. The van der Waals surface area contributed by atoms with E-state index in [-0.39, 0.29) is 5.57 Å². The van der Waals surface area contributed by atoms with Crippen LogP contribution < -0.4 is 21.2 Å². The summed E-state index contributed by atoms with van der Waals surface area (Å²) in [5.41, 5.74) is 1.23. The molecule has 1 aromatic carbocycles. The normalized spacial score (nSPS) is 14.5. The van der Waals surface area contributed by atoms with Gasteiger partial charge < -0.3 is 9.32 Å². The first kappa shape index (κ1) is 20.8. The second-order valence-electron chi connectivity index (χ2n) is 6.45. The molecule has 0 aliphatic carbocycles. The Balaban J connectivity index is 1.78. The number of nitrogens with zero attached hydrogens (tertiary/aromatic N) is 1. The topological polar surface area (TPSA) is 109 Å². The molecular weight excluding hydrogens is 386 g/mol. The molecule has 0 spiro atoms. The van der Waals surface area contributed by atoms with E-state index in [2.05, 4.69) is 18.7 Å². The zero-order chi connectivity index (χ0) is 21.7. The van der Waals surface area contributed by atoms with E-state index < -0.39 is 23.5 Å². The highest BCUT2D eigenvalue weighted by atomic mass is 16.4. The summed E-state index contributed by atoms with van der Waals surface area (Å²) >= 11 is 0. The Kier molecular flexibility index (Phi) is 6.26. The Bertz CT molecular complexity index is 1130. The van der Waals surface area contributed by atoms with Crippen LogP contribution in [-0.4, -0.2) is 30.9 Å². The van der Waals surface area contributed by atoms with E-state index in [0.29, 0.717) is 11.1 Å². The van der Waals surface area contributed by atoms with Crippen molar-refractivity contribution in [2.75, 3.05) is 18.0 Å². The molecule has 30 heavy (non-hydrogen) atoms. The van der Waals surface area contributed by atoms with Crippen LogP contribution in [0.1, 0.15) is 19.4 Å². The number of anilines is 1. The van der Waals surface area contributed by atoms with Crippen LogP contribution in [0.3, 0.4) is 0 Å². The van der Waals surface area contributed by atoms with Gasteiger partial charge in [-0.1, -0.05) is 18.2 Å². The number of barbiturate groups is 1. The third kappa shape index (κ3) is 4.54. The fourth-order valence-corrected chi connectivity index (χ4v) is 3.02. The molecule has 2 heterocycles. The number of carbonyl (C=O) groups excluding carboxylic acids is 3. The number of allylic oxidation sites excluding steroid dienone is 4. The van der Waals surface area contributed by atoms with Gasteiger partial charge in [0.25, 0.3) is 11.8 Å². The molecule has 1 saturated heterocycles. The van der Waals surface area contributed by atoms with Crippen LogP contribution in [0.4, 0.5) is 10.5 Å². The first-order valence-corrected chi connectivity index (χ1v) is 9.47. The number of urea groups is 1. The van der Waals surface area contributed by atoms with Crippen molar-refractivity contribution in [1.82, 2.24) is 10.6 Å². The summed E-state index contributed by atoms with van der Waals surface area (Å²) in [6, 6.07) is 6.64. The van der Waals surface area contributed by atoms with Gasteiger partial charge in [-0.3, -0.25) is 20.2 Å². The monoisotopic (exact) mass is 407 g/mol. The highest BCUT2D eigenvalue weighted by Crippen LogP contribution is 2.22. The van der Waals surface area contributed by atoms with E-state index >= 15 is 0 Å². The van der Waals surface area contributed by atoms with Gasteiger partial charge in [0.15, 0.2) is 0 Å². The average molecular weight is 407 g/mol. The molecule has 2 aromatic rings. The maximum atomic E-state index is 12.3. The Morgan fingerprint density at radius 2 is 1.63 bits per heavy atom. The maximum absolute atomic E-state index is 12.3. The van der Waals surface area contributed by atoms with Crippen molar-refractivity contribution in [2.45, 2.75) is 13.8 Å². The van der Waals surface area contributed by atoms with Crippen LogP contribution in [0.25, 0.3) is 17.0 Å². The van der Waals surface area contributed by atoms with Crippen LogP contribution in [0.15, 0.2) is 63.4 Å². The lowest BCUT2D eigenvalue weighted by Gasteiger charge is -2.20. The van der Waals surface area contributed by atoms with Crippen LogP contribution in [-0.2, 0) is 9.59 Å². The lowest BCUT2D eigenvalue weighted by atomic mass is 10.1. The summed E-state index contributed by atoms with van der Waals surface area (Å²) in [4.78, 5) is 48.7. The minimum atomic E-state index is -0.849. The van der Waals surface area contributed by atoms with Gasteiger partial charge in [-0.2, -0.15) is 0 Å². The van der Waals surface area contributed by atoms with Crippen molar-refractivity contribution in [3.63, 3.8) is 0 Å².